The van der Waals surface area contributed by atoms with Crippen LogP contribution in [0.1, 0.15) is 75.3 Å². The molecule has 2 aliphatic carbocycles. The van der Waals surface area contributed by atoms with Gasteiger partial charge in [0.1, 0.15) is 0 Å². The van der Waals surface area contributed by atoms with Gasteiger partial charge in [0.25, 0.3) is 5.91 Å². The number of halogens is 1. The highest BCUT2D eigenvalue weighted by atomic mass is 35.5. The van der Waals surface area contributed by atoms with Gasteiger partial charge >= 0.3 is 6.03 Å². The minimum absolute atomic E-state index is 0.0313. The van der Waals surface area contributed by atoms with E-state index in [4.69, 9.17) is 16.3 Å². The molecule has 1 aliphatic heterocycles. The lowest BCUT2D eigenvalue weighted by Crippen LogP contribution is -2.41. The summed E-state index contributed by atoms with van der Waals surface area (Å²) in [6.45, 7) is 2.02. The molecule has 0 unspecified atom stereocenters. The maximum Gasteiger partial charge on any atom is 0.329 e. The minimum Gasteiger partial charge on any atom is -0.487 e. The summed E-state index contributed by atoms with van der Waals surface area (Å²) in [5, 5.41) is 5.61. The second-order valence-corrected chi connectivity index (χ2v) is 10.1. The Bertz CT molecular complexity index is 1110. The predicted molar refractivity (Wildman–Crippen MR) is 131 cm³/mol. The summed E-state index contributed by atoms with van der Waals surface area (Å²) in [7, 11) is 0. The zero-order valence-electron chi connectivity index (χ0n) is 19.2. The number of benzene rings is 2. The number of carbonyl (C=O) groups is 2. The van der Waals surface area contributed by atoms with Gasteiger partial charge in [0, 0.05) is 16.6 Å². The lowest BCUT2D eigenvalue weighted by Gasteiger charge is -2.28. The molecule has 2 aromatic carbocycles. The van der Waals surface area contributed by atoms with Crippen LogP contribution in [-0.2, 0) is 9.53 Å². The number of imide groups is 1. The largest absolute Gasteiger partial charge is 0.487 e. The van der Waals surface area contributed by atoms with Crippen molar-refractivity contribution in [3.05, 3.63) is 52.2 Å². The van der Waals surface area contributed by atoms with Crippen LogP contribution >= 0.6 is 11.6 Å². The SMILES string of the molecule is Cc1cc2ccc(Cl)cc2cc1C(OC1CCCCC1)=C1NC(=O)N(C2CCCCC2)C1=O. The molecule has 5 nitrogen and oxygen atoms in total. The molecule has 3 fully saturated rings. The second-order valence-electron chi connectivity index (χ2n) is 9.64. The van der Waals surface area contributed by atoms with Gasteiger partial charge in [0.05, 0.1) is 6.10 Å². The van der Waals surface area contributed by atoms with Crippen molar-refractivity contribution in [2.24, 2.45) is 0 Å². The van der Waals surface area contributed by atoms with Gasteiger partial charge < -0.3 is 4.74 Å². The third kappa shape index (κ3) is 4.48. The normalized spacial score (nSPS) is 22.1. The van der Waals surface area contributed by atoms with E-state index in [1.54, 1.807) is 0 Å². The number of hydrogen-bond donors (Lipinski definition) is 1. The Labute approximate surface area is 200 Å². The zero-order valence-corrected chi connectivity index (χ0v) is 19.9. The number of aryl methyl sites for hydroxylation is 1. The van der Waals surface area contributed by atoms with Crippen LogP contribution in [0.3, 0.4) is 0 Å². The number of nitrogens with one attached hydrogen (secondary N) is 1. The number of rotatable bonds is 4. The first-order valence-electron chi connectivity index (χ1n) is 12.3. The Balaban J connectivity index is 1.59. The van der Waals surface area contributed by atoms with Crippen LogP contribution in [0.4, 0.5) is 4.79 Å². The molecule has 5 rings (SSSR count). The number of carbonyl (C=O) groups excluding carboxylic acids is 2. The number of amides is 3. The van der Waals surface area contributed by atoms with Crippen LogP contribution in [-0.4, -0.2) is 29.0 Å². The second kappa shape index (κ2) is 9.38. The van der Waals surface area contributed by atoms with Gasteiger partial charge in [-0.2, -0.15) is 0 Å². The van der Waals surface area contributed by atoms with Crippen molar-refractivity contribution in [1.29, 1.82) is 0 Å². The quantitative estimate of drug-likeness (QED) is 0.309. The van der Waals surface area contributed by atoms with Crippen molar-refractivity contribution in [2.75, 3.05) is 0 Å². The molecular formula is C27H31ClN2O3. The van der Waals surface area contributed by atoms with E-state index in [-0.39, 0.29) is 29.8 Å². The first-order chi connectivity index (χ1) is 16.0. The molecule has 3 amide bonds. The highest BCUT2D eigenvalue weighted by molar-refractivity contribution is 6.31. The Morgan fingerprint density at radius 2 is 1.64 bits per heavy atom. The van der Waals surface area contributed by atoms with Gasteiger partial charge in [-0.3, -0.25) is 15.0 Å². The summed E-state index contributed by atoms with van der Waals surface area (Å²) >= 11 is 6.26. The Morgan fingerprint density at radius 1 is 0.939 bits per heavy atom. The number of ether oxygens (including phenoxy) is 1. The summed E-state index contributed by atoms with van der Waals surface area (Å²) in [5.74, 6) is 0.237. The van der Waals surface area contributed by atoms with Gasteiger partial charge in [-0.25, -0.2) is 4.79 Å². The lowest BCUT2D eigenvalue weighted by atomic mass is 9.94. The molecule has 2 saturated carbocycles. The molecule has 0 spiro atoms. The van der Waals surface area contributed by atoms with Gasteiger partial charge in [-0.1, -0.05) is 49.4 Å². The van der Waals surface area contributed by atoms with Gasteiger partial charge in [0.15, 0.2) is 11.5 Å². The molecule has 0 bridgehead atoms. The van der Waals surface area contributed by atoms with Crippen molar-refractivity contribution >= 4 is 40.1 Å². The molecular weight excluding hydrogens is 436 g/mol. The van der Waals surface area contributed by atoms with Crippen molar-refractivity contribution < 1.29 is 14.3 Å². The average molecular weight is 467 g/mol. The fourth-order valence-corrected chi connectivity index (χ4v) is 5.67. The number of nitrogens with zero attached hydrogens (tertiary/aromatic N) is 1. The monoisotopic (exact) mass is 466 g/mol. The van der Waals surface area contributed by atoms with Crippen LogP contribution in [0.15, 0.2) is 36.0 Å². The van der Waals surface area contributed by atoms with Crippen LogP contribution in [0.2, 0.25) is 5.02 Å². The lowest BCUT2D eigenvalue weighted by molar-refractivity contribution is -0.125. The van der Waals surface area contributed by atoms with E-state index in [9.17, 15) is 9.59 Å². The molecule has 0 radical (unpaired) electrons. The molecule has 33 heavy (non-hydrogen) atoms. The van der Waals surface area contributed by atoms with Crippen LogP contribution in [0, 0.1) is 6.92 Å². The molecule has 1 heterocycles. The third-order valence-electron chi connectivity index (χ3n) is 7.28. The highest BCUT2D eigenvalue weighted by Gasteiger charge is 2.42. The summed E-state index contributed by atoms with van der Waals surface area (Å²) < 4.78 is 6.56. The zero-order chi connectivity index (χ0) is 22.9. The Kier molecular flexibility index (Phi) is 6.33. The van der Waals surface area contributed by atoms with Crippen LogP contribution < -0.4 is 5.32 Å². The van der Waals surface area contributed by atoms with E-state index in [2.05, 4.69) is 11.4 Å². The fourth-order valence-electron chi connectivity index (χ4n) is 5.49. The summed E-state index contributed by atoms with van der Waals surface area (Å²) in [4.78, 5) is 28.0. The van der Waals surface area contributed by atoms with E-state index < -0.39 is 0 Å². The molecule has 2 aromatic rings. The van der Waals surface area contributed by atoms with E-state index in [1.165, 1.54) is 11.3 Å². The molecule has 3 aliphatic rings. The van der Waals surface area contributed by atoms with Crippen molar-refractivity contribution in [2.45, 2.75) is 83.3 Å². The van der Waals surface area contributed by atoms with E-state index in [0.29, 0.717) is 10.8 Å². The molecule has 0 aromatic heterocycles. The van der Waals surface area contributed by atoms with Gasteiger partial charge in [-0.15, -0.1) is 0 Å². The first kappa shape index (κ1) is 22.3. The number of hydrogen-bond acceptors (Lipinski definition) is 3. The summed E-state index contributed by atoms with van der Waals surface area (Å²) in [5.41, 5.74) is 2.12. The smallest absolute Gasteiger partial charge is 0.329 e. The molecule has 0 atom stereocenters. The van der Waals surface area contributed by atoms with Gasteiger partial charge in [-0.05, 0) is 80.0 Å². The maximum atomic E-state index is 13.6. The predicted octanol–water partition coefficient (Wildman–Crippen LogP) is 6.70. The standard InChI is InChI=1S/C27H31ClN2O3/c1-17-14-18-12-13-20(28)15-19(18)16-23(17)25(33-22-10-6-3-7-11-22)24-26(31)30(27(32)29-24)21-8-4-2-5-9-21/h12-16,21-22H,2-11H2,1H3,(H,29,32). The van der Waals surface area contributed by atoms with E-state index >= 15 is 0 Å². The van der Waals surface area contributed by atoms with Crippen molar-refractivity contribution in [3.63, 3.8) is 0 Å². The van der Waals surface area contributed by atoms with Crippen molar-refractivity contribution in [1.82, 2.24) is 10.2 Å². The third-order valence-corrected chi connectivity index (χ3v) is 7.51. The van der Waals surface area contributed by atoms with Crippen LogP contribution in [0.5, 0.6) is 0 Å². The fraction of sp³-hybridized carbons (Fsp3) is 0.481. The van der Waals surface area contributed by atoms with Gasteiger partial charge in [0.2, 0.25) is 0 Å². The highest BCUT2D eigenvalue weighted by Crippen LogP contribution is 2.35. The molecule has 174 valence electrons. The Hall–Kier alpha value is -2.53. The topological polar surface area (TPSA) is 58.6 Å². The van der Waals surface area contributed by atoms with Crippen molar-refractivity contribution in [3.8, 4) is 0 Å². The number of fused-ring (bicyclic) bond motifs is 1. The van der Waals surface area contributed by atoms with E-state index in [1.807, 2.05) is 31.2 Å². The molecule has 1 saturated heterocycles. The molecule has 1 N–H and O–H groups in total. The molecule has 6 heteroatoms. The average Bonchev–Trinajstić information content (AvgIpc) is 3.12. The maximum absolute atomic E-state index is 13.6. The Morgan fingerprint density at radius 3 is 2.36 bits per heavy atom. The minimum atomic E-state index is -0.326. The van der Waals surface area contributed by atoms with E-state index in [0.717, 1.165) is 79.7 Å². The number of urea groups is 1. The first-order valence-corrected chi connectivity index (χ1v) is 12.6. The summed E-state index contributed by atoms with van der Waals surface area (Å²) in [6, 6.07) is 9.56. The summed E-state index contributed by atoms with van der Waals surface area (Å²) in [6.07, 6.45) is 10.4. The van der Waals surface area contributed by atoms with Crippen LogP contribution in [0.25, 0.3) is 16.5 Å².